The number of nitrogens with zero attached hydrogens (tertiary/aromatic N) is 3. The Labute approximate surface area is 205 Å². The lowest BCUT2D eigenvalue weighted by Gasteiger charge is -2.17. The average Bonchev–Trinajstić information content (AvgIpc) is 3.23. The summed E-state index contributed by atoms with van der Waals surface area (Å²) in [5.41, 5.74) is 5.22. The smallest absolute Gasteiger partial charge is 0.216 e. The highest BCUT2D eigenvalue weighted by molar-refractivity contribution is 7.98. The SMILES string of the molecule is Cc1ccc(-n2c(SCc3ccccc3C)nnc2C(C)NS(=O)(=O)Cc2ccccc2)cc1. The van der Waals surface area contributed by atoms with Gasteiger partial charge in [0, 0.05) is 11.4 Å². The fraction of sp³-hybridized carbons (Fsp3) is 0.231. The van der Waals surface area contributed by atoms with Crippen molar-refractivity contribution in [1.29, 1.82) is 0 Å². The van der Waals surface area contributed by atoms with Gasteiger partial charge in [-0.2, -0.15) is 0 Å². The fourth-order valence-corrected chi connectivity index (χ4v) is 6.06. The van der Waals surface area contributed by atoms with E-state index in [2.05, 4.69) is 34.0 Å². The lowest BCUT2D eigenvalue weighted by Crippen LogP contribution is -2.29. The summed E-state index contributed by atoms with van der Waals surface area (Å²) in [5.74, 6) is 1.20. The number of rotatable bonds is 9. The minimum Gasteiger partial charge on any atom is -0.273 e. The Kier molecular flexibility index (Phi) is 7.50. The minimum absolute atomic E-state index is 0.0915. The predicted molar refractivity (Wildman–Crippen MR) is 137 cm³/mol. The second-order valence-electron chi connectivity index (χ2n) is 8.31. The molecule has 0 fully saturated rings. The minimum atomic E-state index is -3.58. The number of nitrogens with one attached hydrogen (secondary N) is 1. The van der Waals surface area contributed by atoms with Gasteiger partial charge in [-0.1, -0.05) is 84.1 Å². The molecular formula is C26H28N4O2S2. The summed E-state index contributed by atoms with van der Waals surface area (Å²) in [6, 6.07) is 24.9. The van der Waals surface area contributed by atoms with Gasteiger partial charge in [0.05, 0.1) is 11.8 Å². The maximum atomic E-state index is 12.9. The monoisotopic (exact) mass is 492 g/mol. The van der Waals surface area contributed by atoms with Crippen molar-refractivity contribution in [2.24, 2.45) is 0 Å². The van der Waals surface area contributed by atoms with Crippen molar-refractivity contribution in [1.82, 2.24) is 19.5 Å². The zero-order valence-electron chi connectivity index (χ0n) is 19.5. The van der Waals surface area contributed by atoms with Crippen LogP contribution < -0.4 is 4.72 Å². The van der Waals surface area contributed by atoms with E-state index in [-0.39, 0.29) is 5.75 Å². The highest BCUT2D eigenvalue weighted by Crippen LogP contribution is 2.29. The van der Waals surface area contributed by atoms with Gasteiger partial charge < -0.3 is 0 Å². The molecule has 4 aromatic rings. The Balaban J connectivity index is 1.62. The maximum absolute atomic E-state index is 12.9. The summed E-state index contributed by atoms with van der Waals surface area (Å²) in [6.07, 6.45) is 0. The van der Waals surface area contributed by atoms with Crippen molar-refractivity contribution >= 4 is 21.8 Å². The number of benzene rings is 3. The number of sulfonamides is 1. The molecule has 0 bridgehead atoms. The zero-order chi connectivity index (χ0) is 24.1. The van der Waals surface area contributed by atoms with Crippen LogP contribution in [-0.4, -0.2) is 23.2 Å². The van der Waals surface area contributed by atoms with Gasteiger partial charge in [0.25, 0.3) is 0 Å². The van der Waals surface area contributed by atoms with Gasteiger partial charge in [0.2, 0.25) is 10.0 Å². The van der Waals surface area contributed by atoms with Gasteiger partial charge in [-0.3, -0.25) is 4.57 Å². The van der Waals surface area contributed by atoms with Gasteiger partial charge in [-0.25, -0.2) is 13.1 Å². The van der Waals surface area contributed by atoms with Crippen molar-refractivity contribution < 1.29 is 8.42 Å². The normalized spacial score (nSPS) is 12.6. The first-order valence-electron chi connectivity index (χ1n) is 11.1. The third kappa shape index (κ3) is 5.94. The van der Waals surface area contributed by atoms with Crippen molar-refractivity contribution in [3.63, 3.8) is 0 Å². The molecule has 6 nitrogen and oxygen atoms in total. The van der Waals surface area contributed by atoms with Crippen molar-refractivity contribution in [2.45, 2.75) is 43.5 Å². The second kappa shape index (κ2) is 10.5. The molecule has 3 aromatic carbocycles. The lowest BCUT2D eigenvalue weighted by molar-refractivity contribution is 0.555. The number of hydrogen-bond donors (Lipinski definition) is 1. The van der Waals surface area contributed by atoms with E-state index in [9.17, 15) is 8.42 Å². The van der Waals surface area contributed by atoms with E-state index in [1.165, 1.54) is 11.1 Å². The van der Waals surface area contributed by atoms with Crippen LogP contribution in [0.25, 0.3) is 5.69 Å². The molecule has 0 saturated carbocycles. The number of aryl methyl sites for hydroxylation is 2. The molecule has 1 atom stereocenters. The summed E-state index contributed by atoms with van der Waals surface area (Å²) in [7, 11) is -3.58. The topological polar surface area (TPSA) is 76.9 Å². The zero-order valence-corrected chi connectivity index (χ0v) is 21.1. The van der Waals surface area contributed by atoms with Gasteiger partial charge in [-0.15, -0.1) is 10.2 Å². The number of thioether (sulfide) groups is 1. The third-order valence-corrected chi connectivity index (χ3v) is 7.92. The van der Waals surface area contributed by atoms with Crippen molar-refractivity contribution in [3.8, 4) is 5.69 Å². The number of aromatic nitrogens is 3. The lowest BCUT2D eigenvalue weighted by atomic mass is 10.1. The van der Waals surface area contributed by atoms with E-state index < -0.39 is 16.1 Å². The van der Waals surface area contributed by atoms with Gasteiger partial charge in [-0.05, 0) is 49.6 Å². The number of hydrogen-bond acceptors (Lipinski definition) is 5. The van der Waals surface area contributed by atoms with Crippen LogP contribution in [0.1, 0.15) is 41.0 Å². The Morgan fingerprint density at radius 3 is 2.29 bits per heavy atom. The molecule has 0 spiro atoms. The van der Waals surface area contributed by atoms with Crippen molar-refractivity contribution in [2.75, 3.05) is 0 Å². The molecule has 0 amide bonds. The first-order valence-corrected chi connectivity index (χ1v) is 13.7. The second-order valence-corrected chi connectivity index (χ2v) is 11.0. The molecule has 1 heterocycles. The Hall–Kier alpha value is -2.94. The summed E-state index contributed by atoms with van der Waals surface area (Å²) >= 11 is 1.58. The Morgan fingerprint density at radius 1 is 0.912 bits per heavy atom. The standard InChI is InChI=1S/C26H28N4O2S2/c1-19-13-15-24(16-14-19)30-25(21(3)29-34(31,32)18-22-10-5-4-6-11-22)27-28-26(30)33-17-23-12-8-7-9-20(23)2/h4-16,21,29H,17-18H2,1-3H3. The molecule has 0 aliphatic heterocycles. The summed E-state index contributed by atoms with van der Waals surface area (Å²) in [4.78, 5) is 0. The molecule has 8 heteroatoms. The van der Waals surface area contributed by atoms with Crippen LogP contribution in [0.2, 0.25) is 0 Å². The average molecular weight is 493 g/mol. The van der Waals surface area contributed by atoms with E-state index in [1.54, 1.807) is 30.8 Å². The van der Waals surface area contributed by atoms with E-state index in [0.717, 1.165) is 27.7 Å². The maximum Gasteiger partial charge on any atom is 0.216 e. The highest BCUT2D eigenvalue weighted by Gasteiger charge is 2.24. The quantitative estimate of drug-likeness (QED) is 0.319. The first kappa shape index (κ1) is 24.2. The van der Waals surface area contributed by atoms with Crippen LogP contribution in [0, 0.1) is 13.8 Å². The van der Waals surface area contributed by atoms with Crippen LogP contribution >= 0.6 is 11.8 Å². The van der Waals surface area contributed by atoms with E-state index in [4.69, 9.17) is 0 Å². The summed E-state index contributed by atoms with van der Waals surface area (Å²) < 4.78 is 30.4. The van der Waals surface area contributed by atoms with Crippen molar-refractivity contribution in [3.05, 3.63) is 107 Å². The molecular weight excluding hydrogens is 464 g/mol. The predicted octanol–water partition coefficient (Wildman–Crippen LogP) is 5.36. The molecule has 0 saturated heterocycles. The summed E-state index contributed by atoms with van der Waals surface area (Å²) in [5, 5.41) is 9.56. The van der Waals surface area contributed by atoms with Crippen LogP contribution in [0.15, 0.2) is 84.0 Å². The van der Waals surface area contributed by atoms with Gasteiger partial charge in [0.15, 0.2) is 11.0 Å². The summed E-state index contributed by atoms with van der Waals surface area (Å²) in [6.45, 7) is 5.92. The fourth-order valence-electron chi connectivity index (χ4n) is 3.66. The molecule has 0 aliphatic carbocycles. The molecule has 1 unspecified atom stereocenters. The molecule has 0 aliphatic rings. The Bertz CT molecular complexity index is 1350. The van der Waals surface area contributed by atoms with Crippen LogP contribution in [0.4, 0.5) is 0 Å². The molecule has 1 aromatic heterocycles. The highest BCUT2D eigenvalue weighted by atomic mass is 32.2. The molecule has 176 valence electrons. The van der Waals surface area contributed by atoms with Gasteiger partial charge >= 0.3 is 0 Å². The van der Waals surface area contributed by atoms with Crippen LogP contribution in [0.5, 0.6) is 0 Å². The van der Waals surface area contributed by atoms with E-state index in [1.807, 2.05) is 66.1 Å². The van der Waals surface area contributed by atoms with Gasteiger partial charge in [0.1, 0.15) is 0 Å². The van der Waals surface area contributed by atoms with E-state index in [0.29, 0.717) is 5.82 Å². The first-order chi connectivity index (χ1) is 16.3. The Morgan fingerprint density at radius 2 is 1.59 bits per heavy atom. The molecule has 4 rings (SSSR count). The van der Waals surface area contributed by atoms with E-state index >= 15 is 0 Å². The molecule has 1 N–H and O–H groups in total. The molecule has 34 heavy (non-hydrogen) atoms. The molecule has 0 radical (unpaired) electrons. The van der Waals surface area contributed by atoms with Crippen LogP contribution in [0.3, 0.4) is 0 Å². The third-order valence-electron chi connectivity index (χ3n) is 5.51. The van der Waals surface area contributed by atoms with Crippen LogP contribution in [-0.2, 0) is 21.5 Å². The largest absolute Gasteiger partial charge is 0.273 e.